The molecule has 0 aromatic heterocycles. The second-order valence-corrected chi connectivity index (χ2v) is 6.13. The van der Waals surface area contributed by atoms with Gasteiger partial charge < -0.3 is 4.74 Å². The van der Waals surface area contributed by atoms with E-state index in [1.165, 1.54) is 77.0 Å². The molecule has 1 spiro atoms. The molecule has 1 nitrogen and oxygen atoms in total. The summed E-state index contributed by atoms with van der Waals surface area (Å²) in [5.74, 6) is 0. The Morgan fingerprint density at radius 3 is 2.76 bits per heavy atom. The second-order valence-electron chi connectivity index (χ2n) is 6.13. The summed E-state index contributed by atoms with van der Waals surface area (Å²) < 4.78 is 6.21. The number of ether oxygens (including phenoxy) is 1. The third-order valence-electron chi connectivity index (χ3n) is 4.91. The highest BCUT2D eigenvalue weighted by atomic mass is 16.6. The molecular weight excluding hydrogens is 208 g/mol. The fraction of sp³-hybridized carbons (Fsp3) is 0.875. The van der Waals surface area contributed by atoms with E-state index in [9.17, 15) is 0 Å². The van der Waals surface area contributed by atoms with Crippen LogP contribution < -0.4 is 0 Å². The van der Waals surface area contributed by atoms with Crippen molar-refractivity contribution in [1.82, 2.24) is 0 Å². The van der Waals surface area contributed by atoms with Crippen molar-refractivity contribution in [3.05, 3.63) is 11.6 Å². The fourth-order valence-corrected chi connectivity index (χ4v) is 3.82. The lowest BCUT2D eigenvalue weighted by atomic mass is 9.81. The molecule has 3 rings (SSSR count). The molecule has 3 aliphatic rings. The van der Waals surface area contributed by atoms with Crippen LogP contribution in [0.2, 0.25) is 0 Å². The Labute approximate surface area is 106 Å². The minimum atomic E-state index is 0.234. The predicted molar refractivity (Wildman–Crippen MR) is 71.1 cm³/mol. The van der Waals surface area contributed by atoms with Gasteiger partial charge in [0.05, 0.1) is 6.10 Å². The van der Waals surface area contributed by atoms with E-state index in [4.69, 9.17) is 4.74 Å². The van der Waals surface area contributed by atoms with Gasteiger partial charge in [0.25, 0.3) is 0 Å². The van der Waals surface area contributed by atoms with E-state index < -0.39 is 0 Å². The maximum absolute atomic E-state index is 6.21. The van der Waals surface area contributed by atoms with Gasteiger partial charge in [-0.1, -0.05) is 44.6 Å². The zero-order chi connectivity index (χ0) is 11.6. The van der Waals surface area contributed by atoms with Crippen molar-refractivity contribution in [3.63, 3.8) is 0 Å². The first kappa shape index (κ1) is 11.8. The van der Waals surface area contributed by atoms with Crippen LogP contribution in [-0.2, 0) is 4.74 Å². The van der Waals surface area contributed by atoms with Crippen LogP contribution >= 0.6 is 0 Å². The van der Waals surface area contributed by atoms with Gasteiger partial charge in [-0.25, -0.2) is 0 Å². The minimum Gasteiger partial charge on any atom is -0.361 e. The van der Waals surface area contributed by atoms with Crippen LogP contribution in [0.25, 0.3) is 0 Å². The average molecular weight is 234 g/mol. The highest BCUT2D eigenvalue weighted by molar-refractivity contribution is 5.28. The summed E-state index contributed by atoms with van der Waals surface area (Å²) in [5, 5.41) is 0. The molecule has 2 fully saturated rings. The van der Waals surface area contributed by atoms with Crippen molar-refractivity contribution in [2.24, 2.45) is 0 Å². The zero-order valence-electron chi connectivity index (χ0n) is 11.0. The molecule has 0 aromatic carbocycles. The smallest absolute Gasteiger partial charge is 0.116 e. The molecule has 0 bridgehead atoms. The lowest BCUT2D eigenvalue weighted by Gasteiger charge is -2.21. The van der Waals surface area contributed by atoms with Crippen molar-refractivity contribution in [2.45, 2.75) is 88.8 Å². The molecule has 1 aliphatic heterocycles. The monoisotopic (exact) mass is 234 g/mol. The topological polar surface area (TPSA) is 12.5 Å². The molecule has 1 heteroatoms. The van der Waals surface area contributed by atoms with E-state index in [0.717, 1.165) is 0 Å². The third kappa shape index (κ3) is 2.45. The average Bonchev–Trinajstić information content (AvgIpc) is 3.02. The van der Waals surface area contributed by atoms with Crippen LogP contribution in [0.3, 0.4) is 0 Å². The first-order valence-corrected chi connectivity index (χ1v) is 7.79. The summed E-state index contributed by atoms with van der Waals surface area (Å²) in [6, 6.07) is 0. The molecule has 1 saturated carbocycles. The highest BCUT2D eigenvalue weighted by Crippen LogP contribution is 2.52. The normalized spacial score (nSPS) is 39.1. The molecule has 1 heterocycles. The van der Waals surface area contributed by atoms with Crippen LogP contribution in [0.15, 0.2) is 11.6 Å². The third-order valence-corrected chi connectivity index (χ3v) is 4.91. The molecule has 17 heavy (non-hydrogen) atoms. The first-order chi connectivity index (χ1) is 8.42. The SMILES string of the molecule is C1=C2CCCCCCC23O[C@H]3CCCCCC1. The number of epoxide rings is 1. The van der Waals surface area contributed by atoms with Gasteiger partial charge in [0.15, 0.2) is 0 Å². The van der Waals surface area contributed by atoms with Gasteiger partial charge in [-0.3, -0.25) is 0 Å². The van der Waals surface area contributed by atoms with E-state index in [2.05, 4.69) is 6.08 Å². The fourth-order valence-electron chi connectivity index (χ4n) is 3.82. The van der Waals surface area contributed by atoms with E-state index >= 15 is 0 Å². The van der Waals surface area contributed by atoms with Crippen molar-refractivity contribution in [1.29, 1.82) is 0 Å². The Balaban J connectivity index is 1.78. The molecule has 1 unspecified atom stereocenters. The molecule has 2 aliphatic carbocycles. The van der Waals surface area contributed by atoms with Crippen LogP contribution in [0.4, 0.5) is 0 Å². The van der Waals surface area contributed by atoms with E-state index in [1.807, 2.05) is 0 Å². The summed E-state index contributed by atoms with van der Waals surface area (Å²) in [5.41, 5.74) is 1.92. The van der Waals surface area contributed by atoms with Gasteiger partial charge >= 0.3 is 0 Å². The Morgan fingerprint density at radius 2 is 1.76 bits per heavy atom. The van der Waals surface area contributed by atoms with Crippen molar-refractivity contribution in [2.75, 3.05) is 0 Å². The summed E-state index contributed by atoms with van der Waals surface area (Å²) in [7, 11) is 0. The standard InChI is InChI=1S/C16H26O/c1-2-6-10-14-11-7-4-5-9-13-16(14)15(17-16)12-8-3-1/h10,15H,1-9,11-13H2/t15-,16?/m0/s1. The predicted octanol–water partition coefficient (Wildman–Crippen LogP) is 4.76. The van der Waals surface area contributed by atoms with Gasteiger partial charge in [-0.15, -0.1) is 0 Å². The summed E-state index contributed by atoms with van der Waals surface area (Å²) in [4.78, 5) is 0. The van der Waals surface area contributed by atoms with E-state index in [0.29, 0.717) is 6.10 Å². The number of hydrogen-bond acceptors (Lipinski definition) is 1. The van der Waals surface area contributed by atoms with Gasteiger partial charge in [0.1, 0.15) is 5.60 Å². The Kier molecular flexibility index (Phi) is 3.56. The van der Waals surface area contributed by atoms with Crippen LogP contribution in [0.1, 0.15) is 77.0 Å². The lowest BCUT2D eigenvalue weighted by molar-refractivity contribution is 0.288. The molecule has 0 N–H and O–H groups in total. The Bertz CT molecular complexity index is 294. The largest absolute Gasteiger partial charge is 0.361 e. The van der Waals surface area contributed by atoms with Gasteiger partial charge in [0.2, 0.25) is 0 Å². The quantitative estimate of drug-likeness (QED) is 0.435. The van der Waals surface area contributed by atoms with E-state index in [1.54, 1.807) is 5.57 Å². The second kappa shape index (κ2) is 5.14. The van der Waals surface area contributed by atoms with Gasteiger partial charge in [-0.05, 0) is 44.1 Å². The molecule has 0 amide bonds. The Hall–Kier alpha value is -0.300. The Morgan fingerprint density at radius 1 is 0.941 bits per heavy atom. The van der Waals surface area contributed by atoms with Crippen LogP contribution in [0, 0.1) is 0 Å². The van der Waals surface area contributed by atoms with Crippen LogP contribution in [-0.4, -0.2) is 11.7 Å². The molecule has 1 saturated heterocycles. The van der Waals surface area contributed by atoms with Gasteiger partial charge in [0, 0.05) is 0 Å². The summed E-state index contributed by atoms with van der Waals surface area (Å²) in [6.45, 7) is 0. The highest BCUT2D eigenvalue weighted by Gasteiger charge is 2.57. The van der Waals surface area contributed by atoms with Crippen LogP contribution in [0.5, 0.6) is 0 Å². The first-order valence-electron chi connectivity index (χ1n) is 7.79. The molecule has 0 aromatic rings. The maximum atomic E-state index is 6.21. The molecular formula is C16H26O. The zero-order valence-corrected chi connectivity index (χ0v) is 11.0. The van der Waals surface area contributed by atoms with Crippen molar-refractivity contribution >= 4 is 0 Å². The summed E-state index contributed by atoms with van der Waals surface area (Å²) >= 11 is 0. The molecule has 2 atom stereocenters. The number of allylic oxidation sites excluding steroid dienone is 1. The number of hydrogen-bond donors (Lipinski definition) is 0. The molecule has 0 radical (unpaired) electrons. The van der Waals surface area contributed by atoms with Crippen molar-refractivity contribution < 1.29 is 4.74 Å². The van der Waals surface area contributed by atoms with Crippen molar-refractivity contribution in [3.8, 4) is 0 Å². The van der Waals surface area contributed by atoms with Gasteiger partial charge in [-0.2, -0.15) is 0 Å². The minimum absolute atomic E-state index is 0.234. The van der Waals surface area contributed by atoms with E-state index in [-0.39, 0.29) is 5.60 Å². The molecule has 96 valence electrons. The number of rotatable bonds is 0. The summed E-state index contributed by atoms with van der Waals surface area (Å²) in [6.07, 6.45) is 19.6. The lowest BCUT2D eigenvalue weighted by Crippen LogP contribution is -2.21. The maximum Gasteiger partial charge on any atom is 0.116 e.